The Labute approximate surface area is 184 Å². The fourth-order valence-corrected chi connectivity index (χ4v) is 3.31. The molecule has 1 aromatic rings. The Morgan fingerprint density at radius 1 is 1.06 bits per heavy atom. The lowest BCUT2D eigenvalue weighted by Crippen LogP contribution is -2.48. The molecule has 14 heteroatoms. The maximum atomic E-state index is 10.6. The number of nitrogens with one attached hydrogen (secondary N) is 1. The second kappa shape index (κ2) is 12.6. The highest BCUT2D eigenvalue weighted by Gasteiger charge is 2.42. The van der Waals surface area contributed by atoms with E-state index in [4.69, 9.17) is 29.3 Å². The molecule has 2 fully saturated rings. The molecule has 1 unspecified atom stereocenters. The fourth-order valence-electron chi connectivity index (χ4n) is 3.31. The molecule has 3 rings (SSSR count). The second-order valence-electron chi connectivity index (χ2n) is 7.22. The Morgan fingerprint density at radius 3 is 2.06 bits per heavy atom. The number of piperidine rings is 1. The van der Waals surface area contributed by atoms with E-state index in [0.717, 1.165) is 38.8 Å². The average Bonchev–Trinajstić information content (AvgIpc) is 2.74. The van der Waals surface area contributed by atoms with Crippen molar-refractivity contribution in [3.8, 4) is 5.88 Å². The predicted octanol–water partition coefficient (Wildman–Crippen LogP) is 3.13. The van der Waals surface area contributed by atoms with E-state index < -0.39 is 24.3 Å². The number of hydrogen-bond donors (Lipinski definition) is 3. The van der Waals surface area contributed by atoms with Gasteiger partial charge in [-0.1, -0.05) is 6.07 Å². The molecule has 1 atom stereocenters. The summed E-state index contributed by atoms with van der Waals surface area (Å²) in [7, 11) is 0. The molecule has 188 valence electrons. The molecule has 1 spiro atoms. The van der Waals surface area contributed by atoms with Gasteiger partial charge in [0.2, 0.25) is 5.88 Å². The zero-order chi connectivity index (χ0) is 25.1. The summed E-state index contributed by atoms with van der Waals surface area (Å²) in [5.74, 6) is -4.30. The lowest BCUT2D eigenvalue weighted by Gasteiger charge is -2.46. The molecule has 2 saturated heterocycles. The van der Waals surface area contributed by atoms with Crippen LogP contribution in [0.2, 0.25) is 0 Å². The van der Waals surface area contributed by atoms with Crippen LogP contribution in [0, 0.1) is 11.3 Å². The van der Waals surface area contributed by atoms with Gasteiger partial charge in [-0.2, -0.15) is 26.3 Å². The Balaban J connectivity index is 0.000000324. The van der Waals surface area contributed by atoms with E-state index in [2.05, 4.69) is 10.3 Å². The zero-order valence-corrected chi connectivity index (χ0v) is 17.3. The minimum Gasteiger partial charge on any atom is -0.477 e. The molecule has 3 N–H and O–H groups in total. The highest BCUT2D eigenvalue weighted by atomic mass is 19.4. The van der Waals surface area contributed by atoms with Crippen LogP contribution in [0.3, 0.4) is 0 Å². The van der Waals surface area contributed by atoms with Crippen LogP contribution in [-0.2, 0) is 14.3 Å². The van der Waals surface area contributed by atoms with Crippen LogP contribution < -0.4 is 10.1 Å². The normalized spacial score (nSPS) is 19.9. The number of nitrogens with zero attached hydrogens (tertiary/aromatic N) is 1. The first-order valence-electron chi connectivity index (χ1n) is 9.70. The SMILES string of the molecule is O=C(O)C(F)(F)F.O=C(O)C(F)(F)F.c1ccc(OCC2COCCC23CCNCC3)nc1. The molecule has 0 saturated carbocycles. The number of carbonyl (C=O) groups is 2. The van der Waals surface area contributed by atoms with Crippen molar-refractivity contribution in [2.45, 2.75) is 31.6 Å². The van der Waals surface area contributed by atoms with Crippen molar-refractivity contribution in [3.05, 3.63) is 24.4 Å². The van der Waals surface area contributed by atoms with Crippen molar-refractivity contribution in [1.82, 2.24) is 10.3 Å². The largest absolute Gasteiger partial charge is 0.490 e. The summed E-state index contributed by atoms with van der Waals surface area (Å²) in [5.41, 5.74) is 0.415. The molecule has 0 amide bonds. The van der Waals surface area contributed by atoms with Crippen molar-refractivity contribution >= 4 is 11.9 Å². The quantitative estimate of drug-likeness (QED) is 0.554. The number of hydrogen-bond acceptors (Lipinski definition) is 6. The number of carboxylic acids is 2. The van der Waals surface area contributed by atoms with Crippen molar-refractivity contribution < 1.29 is 55.6 Å². The molecule has 0 aliphatic carbocycles. The Hall–Kier alpha value is -2.61. The number of ether oxygens (including phenoxy) is 2. The van der Waals surface area contributed by atoms with Gasteiger partial charge in [-0.3, -0.25) is 0 Å². The Bertz CT molecular complexity index is 706. The molecule has 2 aliphatic rings. The lowest BCUT2D eigenvalue weighted by atomic mass is 9.66. The van der Waals surface area contributed by atoms with Crippen LogP contribution in [0.25, 0.3) is 0 Å². The first-order chi connectivity index (χ1) is 15.3. The first-order valence-corrected chi connectivity index (χ1v) is 9.70. The van der Waals surface area contributed by atoms with Gasteiger partial charge in [-0.25, -0.2) is 14.6 Å². The van der Waals surface area contributed by atoms with E-state index in [1.54, 1.807) is 6.20 Å². The summed E-state index contributed by atoms with van der Waals surface area (Å²) in [4.78, 5) is 22.0. The van der Waals surface area contributed by atoms with Crippen molar-refractivity contribution in [2.75, 3.05) is 32.9 Å². The van der Waals surface area contributed by atoms with Gasteiger partial charge < -0.3 is 25.0 Å². The maximum absolute atomic E-state index is 10.6. The number of carboxylic acid groups (broad SMARTS) is 2. The van der Waals surface area contributed by atoms with Crippen LogP contribution >= 0.6 is 0 Å². The number of aromatic nitrogens is 1. The third-order valence-electron chi connectivity index (χ3n) is 5.08. The zero-order valence-electron chi connectivity index (χ0n) is 17.3. The fraction of sp³-hybridized carbons (Fsp3) is 0.632. The van der Waals surface area contributed by atoms with Crippen LogP contribution in [0.4, 0.5) is 26.3 Å². The number of halogens is 6. The highest BCUT2D eigenvalue weighted by molar-refractivity contribution is 5.73. The third-order valence-corrected chi connectivity index (χ3v) is 5.08. The van der Waals surface area contributed by atoms with Gasteiger partial charge in [0.25, 0.3) is 0 Å². The maximum Gasteiger partial charge on any atom is 0.490 e. The number of rotatable bonds is 3. The van der Waals surface area contributed by atoms with Crippen molar-refractivity contribution in [3.63, 3.8) is 0 Å². The van der Waals surface area contributed by atoms with E-state index in [0.29, 0.717) is 11.3 Å². The minimum absolute atomic E-state index is 0.415. The molecule has 33 heavy (non-hydrogen) atoms. The predicted molar refractivity (Wildman–Crippen MR) is 101 cm³/mol. The van der Waals surface area contributed by atoms with Crippen molar-refractivity contribution in [1.29, 1.82) is 0 Å². The van der Waals surface area contributed by atoms with E-state index in [1.807, 2.05) is 18.2 Å². The smallest absolute Gasteiger partial charge is 0.477 e. The average molecular weight is 490 g/mol. The molecule has 8 nitrogen and oxygen atoms in total. The number of aliphatic carboxylic acids is 2. The minimum atomic E-state index is -5.08. The van der Waals surface area contributed by atoms with Crippen LogP contribution in [0.5, 0.6) is 5.88 Å². The molecule has 2 aliphatic heterocycles. The topological polar surface area (TPSA) is 118 Å². The first kappa shape index (κ1) is 28.4. The molecule has 3 heterocycles. The summed E-state index contributed by atoms with van der Waals surface area (Å²) in [6.45, 7) is 4.70. The molecular formula is C19H24F6N2O6. The molecule has 0 aromatic carbocycles. The summed E-state index contributed by atoms with van der Waals surface area (Å²) < 4.78 is 75.0. The highest BCUT2D eigenvalue weighted by Crippen LogP contribution is 2.43. The van der Waals surface area contributed by atoms with Crippen molar-refractivity contribution in [2.24, 2.45) is 11.3 Å². The number of alkyl halides is 6. The van der Waals surface area contributed by atoms with E-state index in [9.17, 15) is 26.3 Å². The Morgan fingerprint density at radius 2 is 1.61 bits per heavy atom. The van der Waals surface area contributed by atoms with E-state index >= 15 is 0 Å². The lowest BCUT2D eigenvalue weighted by molar-refractivity contribution is -0.193. The van der Waals surface area contributed by atoms with Gasteiger partial charge in [0.1, 0.15) is 0 Å². The molecule has 1 aromatic heterocycles. The number of pyridine rings is 1. The van der Waals surface area contributed by atoms with Gasteiger partial charge >= 0.3 is 24.3 Å². The van der Waals surface area contributed by atoms with Gasteiger partial charge in [-0.05, 0) is 43.8 Å². The summed E-state index contributed by atoms with van der Waals surface area (Å²) in [6, 6.07) is 5.78. The molecule has 0 bridgehead atoms. The van der Waals surface area contributed by atoms with Gasteiger partial charge in [0.05, 0.1) is 13.2 Å². The molecular weight excluding hydrogens is 466 g/mol. The van der Waals surface area contributed by atoms with E-state index in [-0.39, 0.29) is 0 Å². The molecule has 0 radical (unpaired) electrons. The van der Waals surface area contributed by atoms with Crippen LogP contribution in [0.15, 0.2) is 24.4 Å². The van der Waals surface area contributed by atoms with Gasteiger partial charge in [0, 0.05) is 24.8 Å². The second-order valence-corrected chi connectivity index (χ2v) is 7.22. The van der Waals surface area contributed by atoms with Gasteiger partial charge in [-0.15, -0.1) is 0 Å². The van der Waals surface area contributed by atoms with Crippen LogP contribution in [0.1, 0.15) is 19.3 Å². The third kappa shape index (κ3) is 10.2. The van der Waals surface area contributed by atoms with E-state index in [1.165, 1.54) is 19.3 Å². The monoisotopic (exact) mass is 490 g/mol. The van der Waals surface area contributed by atoms with Gasteiger partial charge in [0.15, 0.2) is 0 Å². The summed E-state index contributed by atoms with van der Waals surface area (Å²) >= 11 is 0. The standard InChI is InChI=1S/C15H22N2O2.2C2HF3O2/c1-2-7-17-14(3-1)19-12-13-11-18-10-6-15(13)4-8-16-9-5-15;2*3-2(4,5)1(6)7/h1-3,7,13,16H,4-6,8-12H2;2*(H,6,7). The summed E-state index contributed by atoms with van der Waals surface area (Å²) in [5, 5.41) is 17.7. The summed E-state index contributed by atoms with van der Waals surface area (Å²) in [6.07, 6.45) is -4.74. The van der Waals surface area contributed by atoms with Crippen LogP contribution in [-0.4, -0.2) is 72.4 Å². The Kier molecular flexibility index (Phi) is 10.8.